The van der Waals surface area contributed by atoms with Crippen LogP contribution in [-0.2, 0) is 11.8 Å². The van der Waals surface area contributed by atoms with Gasteiger partial charge in [0.2, 0.25) is 5.95 Å². The van der Waals surface area contributed by atoms with Crippen LogP contribution in [-0.4, -0.2) is 33.0 Å². The highest BCUT2D eigenvalue weighted by atomic mass is 15.3. The average molecular weight is 296 g/mol. The van der Waals surface area contributed by atoms with Crippen molar-refractivity contribution in [2.24, 2.45) is 0 Å². The van der Waals surface area contributed by atoms with Gasteiger partial charge in [0.05, 0.1) is 5.69 Å². The van der Waals surface area contributed by atoms with Crippen molar-refractivity contribution in [1.82, 2.24) is 19.9 Å². The smallest absolute Gasteiger partial charge is 0.227 e. The third kappa shape index (κ3) is 2.10. The van der Waals surface area contributed by atoms with Gasteiger partial charge in [-0.2, -0.15) is 4.98 Å². The maximum absolute atomic E-state index is 5.81. The largest absolute Gasteiger partial charge is 0.384 e. The maximum Gasteiger partial charge on any atom is 0.227 e. The van der Waals surface area contributed by atoms with Gasteiger partial charge in [0.15, 0.2) is 0 Å². The molecule has 2 aliphatic rings. The Morgan fingerprint density at radius 1 is 1.23 bits per heavy atom. The third-order valence-electron chi connectivity index (χ3n) is 4.88. The van der Waals surface area contributed by atoms with Crippen LogP contribution in [0.4, 0.5) is 11.8 Å². The summed E-state index contributed by atoms with van der Waals surface area (Å²) in [7, 11) is 0. The number of hydrogen-bond donors (Lipinski definition) is 1. The van der Waals surface area contributed by atoms with Crippen molar-refractivity contribution < 1.29 is 0 Å². The zero-order valence-electron chi connectivity index (χ0n) is 12.8. The number of anilines is 2. The van der Waals surface area contributed by atoms with Gasteiger partial charge in [0.1, 0.15) is 11.6 Å². The molecule has 6 heteroatoms. The van der Waals surface area contributed by atoms with E-state index in [0.29, 0.717) is 5.82 Å². The van der Waals surface area contributed by atoms with E-state index >= 15 is 0 Å². The van der Waals surface area contributed by atoms with Crippen LogP contribution in [0.3, 0.4) is 0 Å². The molecule has 22 heavy (non-hydrogen) atoms. The van der Waals surface area contributed by atoms with Crippen molar-refractivity contribution in [3.05, 3.63) is 35.5 Å². The topological polar surface area (TPSA) is 80.8 Å². The van der Waals surface area contributed by atoms with Crippen molar-refractivity contribution in [2.75, 3.05) is 23.7 Å². The highest BCUT2D eigenvalue weighted by Crippen LogP contribution is 2.44. The monoisotopic (exact) mass is 296 g/mol. The van der Waals surface area contributed by atoms with Gasteiger partial charge in [0, 0.05) is 30.9 Å². The molecular formula is C16H20N6. The molecule has 1 saturated heterocycles. The fourth-order valence-electron chi connectivity index (χ4n) is 3.84. The first-order chi connectivity index (χ1) is 10.7. The molecule has 0 radical (unpaired) electrons. The minimum absolute atomic E-state index is 0.120. The molecule has 114 valence electrons. The molecule has 1 fully saturated rings. The number of fused-ring (bicyclic) bond motifs is 2. The highest BCUT2D eigenvalue weighted by Gasteiger charge is 2.44. The number of aromatic nitrogens is 4. The fraction of sp³-hybridized carbons (Fsp3) is 0.500. The minimum Gasteiger partial charge on any atom is -0.384 e. The van der Waals surface area contributed by atoms with E-state index in [2.05, 4.69) is 19.9 Å². The zero-order chi connectivity index (χ0) is 15.2. The molecule has 1 spiro atoms. The van der Waals surface area contributed by atoms with Gasteiger partial charge in [-0.15, -0.1) is 0 Å². The second-order valence-electron chi connectivity index (χ2n) is 6.38. The quantitative estimate of drug-likeness (QED) is 0.861. The number of rotatable bonds is 1. The van der Waals surface area contributed by atoms with Gasteiger partial charge in [-0.25, -0.2) is 15.0 Å². The van der Waals surface area contributed by atoms with Crippen LogP contribution in [0.1, 0.15) is 36.3 Å². The third-order valence-corrected chi connectivity index (χ3v) is 4.88. The van der Waals surface area contributed by atoms with E-state index in [1.807, 2.05) is 13.1 Å². The number of nitrogens with two attached hydrogens (primary N) is 1. The van der Waals surface area contributed by atoms with Gasteiger partial charge >= 0.3 is 0 Å². The van der Waals surface area contributed by atoms with E-state index in [1.165, 1.54) is 17.7 Å². The maximum atomic E-state index is 5.81. The van der Waals surface area contributed by atoms with E-state index in [9.17, 15) is 0 Å². The molecule has 2 aromatic heterocycles. The minimum atomic E-state index is 0.120. The Labute approximate surface area is 129 Å². The Morgan fingerprint density at radius 2 is 2.14 bits per heavy atom. The zero-order valence-corrected chi connectivity index (χ0v) is 12.8. The molecule has 2 aromatic rings. The first kappa shape index (κ1) is 13.4. The van der Waals surface area contributed by atoms with Crippen molar-refractivity contribution in [3.63, 3.8) is 0 Å². The number of nitrogen functional groups attached to an aromatic ring is 1. The Bertz CT molecular complexity index is 712. The lowest BCUT2D eigenvalue weighted by Gasteiger charge is -2.40. The summed E-state index contributed by atoms with van der Waals surface area (Å²) in [5.74, 6) is 2.12. The van der Waals surface area contributed by atoms with Crippen LogP contribution < -0.4 is 10.6 Å². The number of nitrogens with zero attached hydrogens (tertiary/aromatic N) is 5. The molecule has 0 saturated carbocycles. The molecule has 3 heterocycles. The van der Waals surface area contributed by atoms with Crippen molar-refractivity contribution >= 4 is 11.8 Å². The van der Waals surface area contributed by atoms with Crippen molar-refractivity contribution in [3.8, 4) is 0 Å². The summed E-state index contributed by atoms with van der Waals surface area (Å²) in [6.45, 7) is 3.86. The second kappa shape index (κ2) is 4.90. The first-order valence-electron chi connectivity index (χ1n) is 7.83. The predicted molar refractivity (Wildman–Crippen MR) is 84.7 cm³/mol. The molecule has 1 unspecified atom stereocenters. The fourth-order valence-corrected chi connectivity index (χ4v) is 3.84. The summed E-state index contributed by atoms with van der Waals surface area (Å²) < 4.78 is 0. The van der Waals surface area contributed by atoms with E-state index < -0.39 is 0 Å². The Balaban J connectivity index is 1.69. The Kier molecular flexibility index (Phi) is 2.99. The molecule has 6 nitrogen and oxygen atoms in total. The van der Waals surface area contributed by atoms with Crippen molar-refractivity contribution in [1.29, 1.82) is 0 Å². The van der Waals surface area contributed by atoms with Crippen LogP contribution in [0.15, 0.2) is 18.5 Å². The lowest BCUT2D eigenvalue weighted by molar-refractivity contribution is 0.331. The molecule has 0 bridgehead atoms. The Morgan fingerprint density at radius 3 is 3.00 bits per heavy atom. The van der Waals surface area contributed by atoms with E-state index in [0.717, 1.165) is 44.1 Å². The SMILES string of the molecule is Cc1ncc2c(n1)C1(CCCN(c3nccc(N)n3)C1)CC2. The first-order valence-corrected chi connectivity index (χ1v) is 7.83. The van der Waals surface area contributed by atoms with Gasteiger partial charge in [-0.05, 0) is 44.2 Å². The molecular weight excluding hydrogens is 276 g/mol. The van der Waals surface area contributed by atoms with E-state index in [1.54, 1.807) is 12.3 Å². The summed E-state index contributed by atoms with van der Waals surface area (Å²) in [6.07, 6.45) is 8.24. The van der Waals surface area contributed by atoms with Crippen LogP contribution in [0.5, 0.6) is 0 Å². The van der Waals surface area contributed by atoms with Gasteiger partial charge in [-0.3, -0.25) is 0 Å². The molecule has 1 aliphatic carbocycles. The standard InChI is InChI=1S/C16H20N6/c1-11-19-9-12-3-6-16(14(12)20-11)5-2-8-22(10-16)15-18-7-4-13(17)21-15/h4,7,9H,2-3,5-6,8,10H2,1H3,(H2,17,18,21). The number of piperidine rings is 1. The molecule has 2 N–H and O–H groups in total. The summed E-state index contributed by atoms with van der Waals surface area (Å²) >= 11 is 0. The molecule has 1 aliphatic heterocycles. The number of aryl methyl sites for hydroxylation is 2. The highest BCUT2D eigenvalue weighted by molar-refractivity contribution is 5.42. The van der Waals surface area contributed by atoms with Gasteiger partial charge < -0.3 is 10.6 Å². The van der Waals surface area contributed by atoms with Crippen LogP contribution in [0, 0.1) is 6.92 Å². The summed E-state index contributed by atoms with van der Waals surface area (Å²) in [6, 6.07) is 1.73. The molecule has 0 amide bonds. The van der Waals surface area contributed by atoms with Crippen molar-refractivity contribution in [2.45, 2.75) is 38.0 Å². The average Bonchev–Trinajstić information content (AvgIpc) is 2.85. The summed E-state index contributed by atoms with van der Waals surface area (Å²) in [4.78, 5) is 20.2. The molecule has 0 aromatic carbocycles. The predicted octanol–water partition coefficient (Wildman–Crippen LogP) is 1.64. The molecule has 4 rings (SSSR count). The Hall–Kier alpha value is -2.24. The summed E-state index contributed by atoms with van der Waals surface area (Å²) in [5, 5.41) is 0. The van der Waals surface area contributed by atoms with E-state index in [4.69, 9.17) is 10.7 Å². The van der Waals surface area contributed by atoms with E-state index in [-0.39, 0.29) is 5.41 Å². The number of hydrogen-bond acceptors (Lipinski definition) is 6. The molecule has 1 atom stereocenters. The lowest BCUT2D eigenvalue weighted by Crippen LogP contribution is -2.46. The van der Waals surface area contributed by atoms with Crippen LogP contribution in [0.2, 0.25) is 0 Å². The van der Waals surface area contributed by atoms with Gasteiger partial charge in [0.25, 0.3) is 0 Å². The second-order valence-corrected chi connectivity index (χ2v) is 6.38. The normalized spacial score (nSPS) is 23.8. The lowest BCUT2D eigenvalue weighted by atomic mass is 9.77. The van der Waals surface area contributed by atoms with Crippen LogP contribution >= 0.6 is 0 Å². The van der Waals surface area contributed by atoms with Crippen LogP contribution in [0.25, 0.3) is 0 Å². The summed E-state index contributed by atoms with van der Waals surface area (Å²) in [5.41, 5.74) is 8.48. The van der Waals surface area contributed by atoms with Gasteiger partial charge in [-0.1, -0.05) is 0 Å².